The van der Waals surface area contributed by atoms with Crippen LogP contribution < -0.4 is 0 Å². The fourth-order valence-electron chi connectivity index (χ4n) is 5.56. The number of carbonyl (C=O) groups excluding carboxylic acids is 2. The number of carbonyl (C=O) groups is 2. The first-order valence-electron chi connectivity index (χ1n) is 21.0. The monoisotopic (exact) mass is 727 g/mol. The summed E-state index contributed by atoms with van der Waals surface area (Å²) in [6.45, 7) is 6.38. The third-order valence-electron chi connectivity index (χ3n) is 8.73. The highest BCUT2D eigenvalue weighted by Gasteiger charge is 2.11. The fourth-order valence-corrected chi connectivity index (χ4v) is 5.56. The Hall–Kier alpha value is -2.70. The standard InChI is InChI=1S/C46H78O6/c1-4-5-30-36-43(47)37-32-27-23-19-15-11-9-13-17-21-25-29-34-39-46(50)52-41-44(48)40-51-45(49)38-33-28-24-20-16-12-8-6-7-10-14-18-22-26-31-35-42(2)3/h5,11,13,15,17,23,25,27,29-30,32,37,42-44,47-48H,4,6-10,12,14,16,18-22,24,26,28,31,33-36,38-41H2,1-3H3/b15-11-,17-13-,27-23+,29-25-,30-5-,37-32+/t43?,44-/m0/s1. The Morgan fingerprint density at radius 3 is 1.52 bits per heavy atom. The van der Waals surface area contributed by atoms with E-state index >= 15 is 0 Å². The number of rotatable bonds is 36. The molecular weight excluding hydrogens is 648 g/mol. The molecule has 0 aliphatic heterocycles. The van der Waals surface area contributed by atoms with Gasteiger partial charge in [-0.15, -0.1) is 0 Å². The maximum Gasteiger partial charge on any atom is 0.306 e. The van der Waals surface area contributed by atoms with Crippen LogP contribution in [-0.2, 0) is 19.1 Å². The van der Waals surface area contributed by atoms with Crippen LogP contribution in [-0.4, -0.2) is 47.6 Å². The van der Waals surface area contributed by atoms with Gasteiger partial charge in [-0.25, -0.2) is 0 Å². The zero-order valence-electron chi connectivity index (χ0n) is 33.6. The first-order chi connectivity index (χ1) is 25.3. The summed E-state index contributed by atoms with van der Waals surface area (Å²) in [6.07, 6.45) is 48.7. The second-order valence-electron chi connectivity index (χ2n) is 14.4. The molecule has 0 bridgehead atoms. The Labute approximate surface area is 319 Å². The minimum atomic E-state index is -1.01. The van der Waals surface area contributed by atoms with Gasteiger partial charge in [-0.2, -0.15) is 0 Å². The van der Waals surface area contributed by atoms with Gasteiger partial charge in [-0.1, -0.05) is 190 Å². The molecule has 0 radical (unpaired) electrons. The molecule has 0 saturated heterocycles. The second kappa shape index (κ2) is 39.5. The number of aliphatic hydroxyl groups is 2. The van der Waals surface area contributed by atoms with Crippen molar-refractivity contribution >= 4 is 11.9 Å². The molecule has 0 amide bonds. The molecule has 0 saturated carbocycles. The van der Waals surface area contributed by atoms with Crippen LogP contribution in [0.25, 0.3) is 0 Å². The summed E-state index contributed by atoms with van der Waals surface area (Å²) in [5.41, 5.74) is 0. The Kier molecular flexibility index (Phi) is 37.5. The van der Waals surface area contributed by atoms with Crippen molar-refractivity contribution < 1.29 is 29.3 Å². The second-order valence-corrected chi connectivity index (χ2v) is 14.4. The van der Waals surface area contributed by atoms with Gasteiger partial charge in [0.1, 0.15) is 19.3 Å². The molecule has 6 heteroatoms. The molecule has 0 aliphatic carbocycles. The van der Waals surface area contributed by atoms with E-state index in [1.807, 2.05) is 30.4 Å². The minimum absolute atomic E-state index is 0.150. The summed E-state index contributed by atoms with van der Waals surface area (Å²) in [6, 6.07) is 0. The molecule has 52 heavy (non-hydrogen) atoms. The Bertz CT molecular complexity index is 989. The highest BCUT2D eigenvalue weighted by atomic mass is 16.6. The van der Waals surface area contributed by atoms with Crippen molar-refractivity contribution in [3.8, 4) is 0 Å². The Balaban J connectivity index is 3.59. The lowest BCUT2D eigenvalue weighted by Gasteiger charge is -2.12. The van der Waals surface area contributed by atoms with Crippen molar-refractivity contribution in [2.75, 3.05) is 13.2 Å². The van der Waals surface area contributed by atoms with E-state index in [1.165, 1.54) is 83.5 Å². The lowest BCUT2D eigenvalue weighted by molar-refractivity contribution is -0.152. The van der Waals surface area contributed by atoms with Crippen molar-refractivity contribution in [3.05, 3.63) is 72.9 Å². The summed E-state index contributed by atoms with van der Waals surface area (Å²) >= 11 is 0. The highest BCUT2D eigenvalue weighted by Crippen LogP contribution is 2.15. The number of aliphatic hydroxyl groups excluding tert-OH is 2. The molecular formula is C46H78O6. The number of unbranched alkanes of at least 4 members (excludes halogenated alkanes) is 14. The van der Waals surface area contributed by atoms with Gasteiger partial charge < -0.3 is 19.7 Å². The Morgan fingerprint density at radius 1 is 0.538 bits per heavy atom. The molecule has 1 unspecified atom stereocenters. The van der Waals surface area contributed by atoms with E-state index in [1.54, 1.807) is 6.08 Å². The average molecular weight is 727 g/mol. The van der Waals surface area contributed by atoms with Crippen LogP contribution in [0.5, 0.6) is 0 Å². The topological polar surface area (TPSA) is 93.1 Å². The predicted molar refractivity (Wildman–Crippen MR) is 220 cm³/mol. The maximum absolute atomic E-state index is 12.0. The highest BCUT2D eigenvalue weighted by molar-refractivity contribution is 5.70. The molecule has 2 N–H and O–H groups in total. The van der Waals surface area contributed by atoms with Gasteiger partial charge in [0.05, 0.1) is 6.10 Å². The van der Waals surface area contributed by atoms with Gasteiger partial charge in [0.2, 0.25) is 0 Å². The summed E-state index contributed by atoms with van der Waals surface area (Å²) < 4.78 is 10.3. The molecule has 6 nitrogen and oxygen atoms in total. The van der Waals surface area contributed by atoms with E-state index in [4.69, 9.17) is 9.47 Å². The van der Waals surface area contributed by atoms with E-state index < -0.39 is 12.2 Å². The van der Waals surface area contributed by atoms with Crippen LogP contribution in [0.15, 0.2) is 72.9 Å². The van der Waals surface area contributed by atoms with E-state index in [-0.39, 0.29) is 31.6 Å². The summed E-state index contributed by atoms with van der Waals surface area (Å²) in [5.74, 6) is 0.167. The molecule has 0 aromatic carbocycles. The lowest BCUT2D eigenvalue weighted by Crippen LogP contribution is -2.25. The fraction of sp³-hybridized carbons (Fsp3) is 0.696. The summed E-state index contributed by atoms with van der Waals surface area (Å²) in [4.78, 5) is 23.9. The van der Waals surface area contributed by atoms with E-state index in [9.17, 15) is 19.8 Å². The number of hydrogen-bond acceptors (Lipinski definition) is 6. The van der Waals surface area contributed by atoms with Gasteiger partial charge in [-0.05, 0) is 50.9 Å². The van der Waals surface area contributed by atoms with Crippen LogP contribution in [0, 0.1) is 5.92 Å². The minimum Gasteiger partial charge on any atom is -0.463 e. The van der Waals surface area contributed by atoms with E-state index in [2.05, 4.69) is 57.2 Å². The van der Waals surface area contributed by atoms with E-state index in [0.717, 1.165) is 50.9 Å². The third-order valence-corrected chi connectivity index (χ3v) is 8.73. The molecule has 0 heterocycles. The van der Waals surface area contributed by atoms with E-state index in [0.29, 0.717) is 19.3 Å². The SMILES string of the molecule is CC/C=C\CC(O)/C=C/C=C/C/C=C\C/C=C\C/C=C\CCC(=O)OC[C@@H](O)COC(=O)CCCCCCCCCCCCCCCCCC(C)C. The number of esters is 2. The summed E-state index contributed by atoms with van der Waals surface area (Å²) in [7, 11) is 0. The number of hydrogen-bond donors (Lipinski definition) is 2. The largest absolute Gasteiger partial charge is 0.463 e. The zero-order valence-corrected chi connectivity index (χ0v) is 33.6. The first kappa shape index (κ1) is 49.3. The maximum atomic E-state index is 12.0. The quantitative estimate of drug-likeness (QED) is 0.0289. The predicted octanol–water partition coefficient (Wildman–Crippen LogP) is 12.2. The normalized spacial score (nSPS) is 13.7. The van der Waals surface area contributed by atoms with Crippen LogP contribution >= 0.6 is 0 Å². The molecule has 0 aromatic rings. The van der Waals surface area contributed by atoms with Crippen molar-refractivity contribution in [2.45, 2.75) is 187 Å². The van der Waals surface area contributed by atoms with Crippen LogP contribution in [0.2, 0.25) is 0 Å². The molecule has 0 fully saturated rings. The van der Waals surface area contributed by atoms with Crippen molar-refractivity contribution in [1.82, 2.24) is 0 Å². The lowest BCUT2D eigenvalue weighted by atomic mass is 10.0. The van der Waals surface area contributed by atoms with Crippen LogP contribution in [0.4, 0.5) is 0 Å². The van der Waals surface area contributed by atoms with Crippen LogP contribution in [0.1, 0.15) is 175 Å². The molecule has 0 aromatic heterocycles. The average Bonchev–Trinajstić information content (AvgIpc) is 3.12. The van der Waals surface area contributed by atoms with Crippen molar-refractivity contribution in [2.24, 2.45) is 5.92 Å². The van der Waals surface area contributed by atoms with Gasteiger partial charge in [0.25, 0.3) is 0 Å². The van der Waals surface area contributed by atoms with Crippen molar-refractivity contribution in [3.63, 3.8) is 0 Å². The van der Waals surface area contributed by atoms with Gasteiger partial charge in [0, 0.05) is 12.8 Å². The molecule has 298 valence electrons. The molecule has 0 spiro atoms. The van der Waals surface area contributed by atoms with Gasteiger partial charge in [0.15, 0.2) is 0 Å². The first-order valence-corrected chi connectivity index (χ1v) is 21.0. The third kappa shape index (κ3) is 40.1. The number of allylic oxidation sites excluding steroid dienone is 10. The van der Waals surface area contributed by atoms with Gasteiger partial charge >= 0.3 is 11.9 Å². The number of ether oxygens (including phenoxy) is 2. The van der Waals surface area contributed by atoms with Crippen molar-refractivity contribution in [1.29, 1.82) is 0 Å². The van der Waals surface area contributed by atoms with Gasteiger partial charge in [-0.3, -0.25) is 9.59 Å². The Morgan fingerprint density at radius 2 is 1.00 bits per heavy atom. The smallest absolute Gasteiger partial charge is 0.306 e. The van der Waals surface area contributed by atoms with Crippen LogP contribution in [0.3, 0.4) is 0 Å². The summed E-state index contributed by atoms with van der Waals surface area (Å²) in [5, 5.41) is 19.8. The molecule has 0 aliphatic rings. The molecule has 2 atom stereocenters. The molecule has 0 rings (SSSR count). The zero-order chi connectivity index (χ0) is 38.2.